The molecule has 1 aliphatic heterocycles. The number of hydrogen-bond donors (Lipinski definition) is 1. The van der Waals surface area contributed by atoms with E-state index in [1.165, 1.54) is 11.0 Å². The van der Waals surface area contributed by atoms with Crippen LogP contribution in [-0.4, -0.2) is 48.5 Å². The molecule has 0 spiro atoms. The molecule has 1 N–H and O–H groups in total. The number of carbonyl (C=O) groups is 4. The lowest BCUT2D eigenvalue weighted by molar-refractivity contribution is -0.124. The van der Waals surface area contributed by atoms with Gasteiger partial charge in [-0.2, -0.15) is 0 Å². The Morgan fingerprint density at radius 2 is 1.70 bits per heavy atom. The number of ether oxygens (including phenoxy) is 2. The van der Waals surface area contributed by atoms with Crippen molar-refractivity contribution in [2.24, 2.45) is 0 Å². The lowest BCUT2D eigenvalue weighted by Gasteiger charge is -2.22. The fourth-order valence-electron chi connectivity index (χ4n) is 4.12. The first kappa shape index (κ1) is 25.4. The molecule has 1 aliphatic rings. The summed E-state index contributed by atoms with van der Waals surface area (Å²) in [5.74, 6) is -0.850. The smallest absolute Gasteiger partial charge is 0.338 e. The van der Waals surface area contributed by atoms with Crippen molar-refractivity contribution in [2.75, 3.05) is 23.9 Å². The van der Waals surface area contributed by atoms with Crippen molar-refractivity contribution in [3.63, 3.8) is 0 Å². The monoisotopic (exact) mass is 501 g/mol. The predicted molar refractivity (Wildman–Crippen MR) is 137 cm³/mol. The Morgan fingerprint density at radius 3 is 2.43 bits per heavy atom. The fraction of sp³-hybridized carbons (Fsp3) is 0.214. The lowest BCUT2D eigenvalue weighted by atomic mass is 10.1. The quantitative estimate of drug-likeness (QED) is 0.347. The number of hydrogen-bond acceptors (Lipinski definition) is 6. The second-order valence-electron chi connectivity index (χ2n) is 8.34. The minimum atomic E-state index is -1.02. The highest BCUT2D eigenvalue weighted by molar-refractivity contribution is 6.22. The van der Waals surface area contributed by atoms with Crippen LogP contribution < -0.4 is 15.0 Å². The van der Waals surface area contributed by atoms with E-state index in [1.54, 1.807) is 80.8 Å². The number of urea groups is 1. The summed E-state index contributed by atoms with van der Waals surface area (Å²) >= 11 is 0. The molecule has 0 saturated carbocycles. The molecule has 3 aromatic rings. The van der Waals surface area contributed by atoms with Gasteiger partial charge in [0.05, 0.1) is 31.4 Å². The van der Waals surface area contributed by atoms with Gasteiger partial charge in [-0.05, 0) is 55.0 Å². The van der Waals surface area contributed by atoms with E-state index in [9.17, 15) is 19.2 Å². The molecule has 1 heterocycles. The predicted octanol–water partition coefficient (Wildman–Crippen LogP) is 4.24. The van der Waals surface area contributed by atoms with E-state index in [0.29, 0.717) is 22.7 Å². The van der Waals surface area contributed by atoms with Crippen molar-refractivity contribution < 1.29 is 28.7 Å². The summed E-state index contributed by atoms with van der Waals surface area (Å²) in [6, 6.07) is 20.6. The Balaban J connectivity index is 1.57. The highest BCUT2D eigenvalue weighted by atomic mass is 16.5. The second-order valence-corrected chi connectivity index (χ2v) is 8.34. The molecule has 1 saturated heterocycles. The maximum Gasteiger partial charge on any atom is 0.338 e. The average Bonchev–Trinajstić information content (AvgIpc) is 3.13. The molecule has 4 amide bonds. The summed E-state index contributed by atoms with van der Waals surface area (Å²) in [6.45, 7) is 2.05. The van der Waals surface area contributed by atoms with Crippen molar-refractivity contribution in [2.45, 2.75) is 25.9 Å². The number of anilines is 2. The van der Waals surface area contributed by atoms with Gasteiger partial charge in [0.25, 0.3) is 5.91 Å². The molecule has 37 heavy (non-hydrogen) atoms. The zero-order valence-corrected chi connectivity index (χ0v) is 20.5. The highest BCUT2D eigenvalue weighted by Crippen LogP contribution is 2.29. The van der Waals surface area contributed by atoms with Gasteiger partial charge < -0.3 is 19.7 Å². The topological polar surface area (TPSA) is 105 Å². The number of esters is 1. The van der Waals surface area contributed by atoms with E-state index in [0.717, 1.165) is 10.5 Å². The Labute approximate surface area is 214 Å². The molecular formula is C28H27N3O6. The van der Waals surface area contributed by atoms with Crippen molar-refractivity contribution in [1.82, 2.24) is 4.90 Å². The molecule has 0 radical (unpaired) electrons. The molecule has 9 heteroatoms. The molecular weight excluding hydrogens is 474 g/mol. The number of rotatable bonds is 9. The SMILES string of the molecule is CCOC(=O)c1cccc(NC(=O)C[C@@H]2C(=O)N(c3ccccc3)C(=O)N2Cc2cccc(OC)c2)c1. The highest BCUT2D eigenvalue weighted by Gasteiger charge is 2.46. The van der Waals surface area contributed by atoms with Crippen LogP contribution in [0.15, 0.2) is 78.9 Å². The summed E-state index contributed by atoms with van der Waals surface area (Å²) in [7, 11) is 1.55. The Hall–Kier alpha value is -4.66. The summed E-state index contributed by atoms with van der Waals surface area (Å²) in [5.41, 5.74) is 1.86. The Morgan fingerprint density at radius 1 is 0.946 bits per heavy atom. The third-order valence-corrected chi connectivity index (χ3v) is 5.86. The van der Waals surface area contributed by atoms with Gasteiger partial charge in [0.1, 0.15) is 11.8 Å². The van der Waals surface area contributed by atoms with Crippen LogP contribution >= 0.6 is 0 Å². The molecule has 1 atom stereocenters. The molecule has 1 fully saturated rings. The largest absolute Gasteiger partial charge is 0.497 e. The summed E-state index contributed by atoms with van der Waals surface area (Å²) < 4.78 is 10.3. The molecule has 0 bridgehead atoms. The number of carbonyl (C=O) groups excluding carboxylic acids is 4. The van der Waals surface area contributed by atoms with E-state index in [1.807, 2.05) is 6.07 Å². The molecule has 3 aromatic carbocycles. The maximum atomic E-state index is 13.4. The van der Waals surface area contributed by atoms with Gasteiger partial charge in [-0.1, -0.05) is 36.4 Å². The summed E-state index contributed by atoms with van der Waals surface area (Å²) in [4.78, 5) is 54.4. The van der Waals surface area contributed by atoms with Crippen LogP contribution in [0.4, 0.5) is 16.2 Å². The number of benzene rings is 3. The second kappa shape index (κ2) is 11.4. The average molecular weight is 502 g/mol. The number of para-hydroxylation sites is 1. The van der Waals surface area contributed by atoms with Crippen LogP contribution in [0.25, 0.3) is 0 Å². The van der Waals surface area contributed by atoms with Crippen LogP contribution in [0.1, 0.15) is 29.3 Å². The van der Waals surface area contributed by atoms with Crippen molar-refractivity contribution in [3.05, 3.63) is 90.0 Å². The minimum Gasteiger partial charge on any atom is -0.497 e. The van der Waals surface area contributed by atoms with Crippen molar-refractivity contribution >= 4 is 35.2 Å². The van der Waals surface area contributed by atoms with Gasteiger partial charge in [0.2, 0.25) is 5.91 Å². The Kier molecular flexibility index (Phi) is 7.83. The third kappa shape index (κ3) is 5.78. The van der Waals surface area contributed by atoms with Crippen LogP contribution in [-0.2, 0) is 20.9 Å². The Bertz CT molecular complexity index is 1310. The van der Waals surface area contributed by atoms with E-state index in [2.05, 4.69) is 5.32 Å². The normalized spacial score (nSPS) is 15.0. The van der Waals surface area contributed by atoms with Crippen LogP contribution in [0, 0.1) is 0 Å². The fourth-order valence-corrected chi connectivity index (χ4v) is 4.12. The van der Waals surface area contributed by atoms with Gasteiger partial charge >= 0.3 is 12.0 Å². The molecule has 190 valence electrons. The lowest BCUT2D eigenvalue weighted by Crippen LogP contribution is -2.37. The van der Waals surface area contributed by atoms with Gasteiger partial charge in [-0.25, -0.2) is 14.5 Å². The van der Waals surface area contributed by atoms with E-state index < -0.39 is 29.9 Å². The van der Waals surface area contributed by atoms with Gasteiger partial charge in [0.15, 0.2) is 0 Å². The molecule has 0 aromatic heterocycles. The van der Waals surface area contributed by atoms with E-state index in [4.69, 9.17) is 9.47 Å². The molecule has 9 nitrogen and oxygen atoms in total. The first-order chi connectivity index (χ1) is 17.9. The number of nitrogens with zero attached hydrogens (tertiary/aromatic N) is 2. The van der Waals surface area contributed by atoms with Gasteiger partial charge in [-0.15, -0.1) is 0 Å². The van der Waals surface area contributed by atoms with E-state index in [-0.39, 0.29) is 19.6 Å². The summed E-state index contributed by atoms with van der Waals surface area (Å²) in [5, 5.41) is 2.72. The zero-order valence-electron chi connectivity index (χ0n) is 20.5. The van der Waals surface area contributed by atoms with Crippen molar-refractivity contribution in [1.29, 1.82) is 0 Å². The van der Waals surface area contributed by atoms with Crippen LogP contribution in [0.5, 0.6) is 5.75 Å². The number of nitrogens with one attached hydrogen (secondary N) is 1. The van der Waals surface area contributed by atoms with Gasteiger partial charge in [0, 0.05) is 12.2 Å². The number of imide groups is 1. The standard InChI is InChI=1S/C28H27N3O6/c1-3-37-27(34)20-10-8-11-21(16-20)29-25(32)17-24-26(33)31(22-12-5-4-6-13-22)28(35)30(24)18-19-9-7-14-23(15-19)36-2/h4-16,24H,3,17-18H2,1-2H3,(H,29,32)/t24-/m1/s1. The molecule has 0 unspecified atom stereocenters. The first-order valence-corrected chi connectivity index (χ1v) is 11.8. The van der Waals surface area contributed by atoms with E-state index >= 15 is 0 Å². The van der Waals surface area contributed by atoms with Crippen LogP contribution in [0.2, 0.25) is 0 Å². The summed E-state index contributed by atoms with van der Waals surface area (Å²) in [6.07, 6.45) is -0.262. The first-order valence-electron chi connectivity index (χ1n) is 11.8. The maximum absolute atomic E-state index is 13.4. The molecule has 0 aliphatic carbocycles. The number of amides is 4. The third-order valence-electron chi connectivity index (χ3n) is 5.86. The van der Waals surface area contributed by atoms with Gasteiger partial charge in [-0.3, -0.25) is 9.59 Å². The minimum absolute atomic E-state index is 0.112. The van der Waals surface area contributed by atoms with Crippen molar-refractivity contribution in [3.8, 4) is 5.75 Å². The van der Waals surface area contributed by atoms with Crippen LogP contribution in [0.3, 0.4) is 0 Å². The zero-order chi connectivity index (χ0) is 26.4. The number of methoxy groups -OCH3 is 1. The molecule has 4 rings (SSSR count).